The Morgan fingerprint density at radius 2 is 2.33 bits per heavy atom. The second kappa shape index (κ2) is 3.87. The molecule has 1 rings (SSSR count). The summed E-state index contributed by atoms with van der Waals surface area (Å²) < 4.78 is 0.614. The lowest BCUT2D eigenvalue weighted by molar-refractivity contribution is -0.136. The van der Waals surface area contributed by atoms with Gasteiger partial charge in [-0.2, -0.15) is 0 Å². The lowest BCUT2D eigenvalue weighted by Crippen LogP contribution is -2.01. The molecule has 0 fully saturated rings. The summed E-state index contributed by atoms with van der Waals surface area (Å²) in [6, 6.07) is 0. The maximum absolute atomic E-state index is 10.3. The van der Waals surface area contributed by atoms with E-state index in [2.05, 4.69) is 20.9 Å². The van der Waals surface area contributed by atoms with Crippen molar-refractivity contribution in [3.63, 3.8) is 0 Å². The van der Waals surface area contributed by atoms with E-state index in [1.54, 1.807) is 0 Å². The summed E-state index contributed by atoms with van der Waals surface area (Å²) in [4.78, 5) is 14.1. The Kier molecular flexibility index (Phi) is 3.05. The highest BCUT2D eigenvalue weighted by molar-refractivity contribution is 9.10. The fourth-order valence-electron chi connectivity index (χ4n) is 0.746. The molecule has 0 radical (unpaired) electrons. The van der Waals surface area contributed by atoms with E-state index < -0.39 is 5.97 Å². The Bertz CT molecular complexity index is 316. The van der Waals surface area contributed by atoms with Gasteiger partial charge in [-0.3, -0.25) is 9.78 Å². The zero-order valence-corrected chi connectivity index (χ0v) is 8.26. The molecule has 64 valence electrons. The topological polar surface area (TPSA) is 50.2 Å². The van der Waals surface area contributed by atoms with E-state index in [1.165, 1.54) is 12.4 Å². The number of carboxylic acids is 1. The van der Waals surface area contributed by atoms with Gasteiger partial charge in [-0.15, -0.1) is 0 Å². The maximum atomic E-state index is 10.3. The van der Waals surface area contributed by atoms with Gasteiger partial charge in [0, 0.05) is 18.0 Å². The van der Waals surface area contributed by atoms with E-state index in [0.29, 0.717) is 15.1 Å². The average Bonchev–Trinajstić information content (AvgIpc) is 1.98. The summed E-state index contributed by atoms with van der Waals surface area (Å²) in [5, 5.41) is 8.89. The summed E-state index contributed by atoms with van der Waals surface area (Å²) in [7, 11) is 0. The predicted molar refractivity (Wildman–Crippen MR) is 48.3 cm³/mol. The number of nitrogens with zero attached hydrogens (tertiary/aromatic N) is 1. The van der Waals surface area contributed by atoms with E-state index in [4.69, 9.17) is 16.7 Å². The van der Waals surface area contributed by atoms with Crippen molar-refractivity contribution >= 4 is 33.5 Å². The lowest BCUT2D eigenvalue weighted by Gasteiger charge is -2.00. The number of carboxylic acid groups (broad SMARTS) is 1. The van der Waals surface area contributed by atoms with Gasteiger partial charge in [-0.1, -0.05) is 11.6 Å². The summed E-state index contributed by atoms with van der Waals surface area (Å²) in [6.45, 7) is 0. The number of carbonyl (C=O) groups is 1. The summed E-state index contributed by atoms with van der Waals surface area (Å²) in [6.07, 6.45) is 2.86. The minimum atomic E-state index is -0.920. The minimum Gasteiger partial charge on any atom is -0.481 e. The molecule has 3 nitrogen and oxygen atoms in total. The molecule has 0 spiro atoms. The summed E-state index contributed by atoms with van der Waals surface area (Å²) >= 11 is 8.94. The van der Waals surface area contributed by atoms with Gasteiger partial charge in [0.1, 0.15) is 0 Å². The predicted octanol–water partition coefficient (Wildman–Crippen LogP) is 2.12. The van der Waals surface area contributed by atoms with Crippen molar-refractivity contribution in [3.8, 4) is 0 Å². The first-order valence-electron chi connectivity index (χ1n) is 3.11. The van der Waals surface area contributed by atoms with Crippen molar-refractivity contribution in [1.82, 2.24) is 4.98 Å². The SMILES string of the molecule is O=C(O)Cc1cncc(Br)c1Cl. The molecule has 12 heavy (non-hydrogen) atoms. The molecule has 1 N–H and O–H groups in total. The van der Waals surface area contributed by atoms with Gasteiger partial charge in [0.2, 0.25) is 0 Å². The van der Waals surface area contributed by atoms with Crippen molar-refractivity contribution in [3.05, 3.63) is 27.5 Å². The third kappa shape index (κ3) is 2.19. The fourth-order valence-corrected chi connectivity index (χ4v) is 1.28. The largest absolute Gasteiger partial charge is 0.481 e. The number of pyridine rings is 1. The van der Waals surface area contributed by atoms with Gasteiger partial charge in [-0.25, -0.2) is 0 Å². The number of hydrogen-bond acceptors (Lipinski definition) is 2. The minimum absolute atomic E-state index is 0.106. The van der Waals surface area contributed by atoms with Gasteiger partial charge in [-0.05, 0) is 15.9 Å². The standard InChI is InChI=1S/C7H5BrClNO2/c8-5-3-10-2-4(7(5)9)1-6(11)12/h2-3H,1H2,(H,11,12). The molecular weight excluding hydrogens is 245 g/mol. The molecule has 0 bridgehead atoms. The van der Waals surface area contributed by atoms with Crippen LogP contribution in [0.5, 0.6) is 0 Å². The van der Waals surface area contributed by atoms with Gasteiger partial charge < -0.3 is 5.11 Å². The van der Waals surface area contributed by atoms with Crippen LogP contribution in [0.25, 0.3) is 0 Å². The molecule has 0 aliphatic heterocycles. The lowest BCUT2D eigenvalue weighted by atomic mass is 10.2. The number of rotatable bonds is 2. The highest BCUT2D eigenvalue weighted by Crippen LogP contribution is 2.24. The smallest absolute Gasteiger partial charge is 0.307 e. The highest BCUT2D eigenvalue weighted by atomic mass is 79.9. The van der Waals surface area contributed by atoms with E-state index in [-0.39, 0.29) is 6.42 Å². The quantitative estimate of drug-likeness (QED) is 0.875. The molecule has 0 aliphatic carbocycles. The molecule has 0 amide bonds. The molecule has 0 saturated carbocycles. The molecule has 5 heteroatoms. The zero-order chi connectivity index (χ0) is 9.14. The van der Waals surface area contributed by atoms with Crippen molar-refractivity contribution in [1.29, 1.82) is 0 Å². The van der Waals surface area contributed by atoms with Crippen LogP contribution in [0.15, 0.2) is 16.9 Å². The van der Waals surface area contributed by atoms with Crippen LogP contribution in [-0.2, 0) is 11.2 Å². The second-order valence-electron chi connectivity index (χ2n) is 2.16. The van der Waals surface area contributed by atoms with E-state index in [9.17, 15) is 4.79 Å². The molecule has 0 atom stereocenters. The van der Waals surface area contributed by atoms with Crippen LogP contribution in [0.2, 0.25) is 5.02 Å². The number of hydrogen-bond donors (Lipinski definition) is 1. The molecule has 1 aromatic rings. The third-order valence-electron chi connectivity index (χ3n) is 1.25. The van der Waals surface area contributed by atoms with Gasteiger partial charge in [0.25, 0.3) is 0 Å². The zero-order valence-electron chi connectivity index (χ0n) is 5.92. The number of halogens is 2. The Morgan fingerprint density at radius 1 is 1.67 bits per heavy atom. The van der Waals surface area contributed by atoms with Crippen LogP contribution in [-0.4, -0.2) is 16.1 Å². The molecule has 0 saturated heterocycles. The Hall–Kier alpha value is -0.610. The molecule has 1 aromatic heterocycles. The van der Waals surface area contributed by atoms with Crippen LogP contribution in [0.1, 0.15) is 5.56 Å². The van der Waals surface area contributed by atoms with E-state index >= 15 is 0 Å². The van der Waals surface area contributed by atoms with Crippen LogP contribution < -0.4 is 0 Å². The summed E-state index contributed by atoms with van der Waals surface area (Å²) in [5.74, 6) is -0.920. The van der Waals surface area contributed by atoms with Crippen LogP contribution in [0.4, 0.5) is 0 Å². The first-order chi connectivity index (χ1) is 5.61. The number of aliphatic carboxylic acids is 1. The molecule has 1 heterocycles. The second-order valence-corrected chi connectivity index (χ2v) is 3.40. The first kappa shape index (κ1) is 9.48. The van der Waals surface area contributed by atoms with Gasteiger partial charge >= 0.3 is 5.97 Å². The molecular formula is C7H5BrClNO2. The molecule has 0 aliphatic rings. The van der Waals surface area contributed by atoms with Crippen molar-refractivity contribution in [2.45, 2.75) is 6.42 Å². The molecule has 0 unspecified atom stereocenters. The van der Waals surface area contributed by atoms with Crippen LogP contribution >= 0.6 is 27.5 Å². The van der Waals surface area contributed by atoms with Crippen molar-refractivity contribution < 1.29 is 9.90 Å². The fraction of sp³-hybridized carbons (Fsp3) is 0.143. The monoisotopic (exact) mass is 249 g/mol. The van der Waals surface area contributed by atoms with E-state index in [1.807, 2.05) is 0 Å². The Labute approximate surface area is 82.5 Å². The number of aromatic nitrogens is 1. The van der Waals surface area contributed by atoms with Gasteiger partial charge in [0.15, 0.2) is 0 Å². The van der Waals surface area contributed by atoms with E-state index in [0.717, 1.165) is 0 Å². The third-order valence-corrected chi connectivity index (χ3v) is 2.53. The Morgan fingerprint density at radius 3 is 2.92 bits per heavy atom. The van der Waals surface area contributed by atoms with Crippen molar-refractivity contribution in [2.75, 3.05) is 0 Å². The normalized spacial score (nSPS) is 9.83. The van der Waals surface area contributed by atoms with Crippen LogP contribution in [0.3, 0.4) is 0 Å². The first-order valence-corrected chi connectivity index (χ1v) is 4.28. The highest BCUT2D eigenvalue weighted by Gasteiger charge is 2.07. The molecule has 0 aromatic carbocycles. The maximum Gasteiger partial charge on any atom is 0.307 e. The van der Waals surface area contributed by atoms with Gasteiger partial charge in [0.05, 0.1) is 15.9 Å². The Balaban J connectivity index is 3.00. The summed E-state index contributed by atoms with van der Waals surface area (Å²) in [5.41, 5.74) is 0.513. The van der Waals surface area contributed by atoms with Crippen LogP contribution in [0, 0.1) is 0 Å². The average molecular weight is 250 g/mol. The van der Waals surface area contributed by atoms with Crippen molar-refractivity contribution in [2.24, 2.45) is 0 Å².